The summed E-state index contributed by atoms with van der Waals surface area (Å²) in [6, 6.07) is 0.643. The predicted octanol–water partition coefficient (Wildman–Crippen LogP) is 1.53. The lowest BCUT2D eigenvalue weighted by molar-refractivity contribution is -0.134. The lowest BCUT2D eigenvalue weighted by atomic mass is 9.77. The second-order valence-corrected chi connectivity index (χ2v) is 6.90. The normalized spacial score (nSPS) is 37.8. The lowest BCUT2D eigenvalue weighted by Crippen LogP contribution is -2.55. The number of fused-ring (bicyclic) bond motifs is 1. The molecule has 2 aliphatic heterocycles. The maximum Gasteiger partial charge on any atom is 0.239 e. The molecule has 20 heavy (non-hydrogen) atoms. The van der Waals surface area contributed by atoms with Crippen molar-refractivity contribution >= 4 is 5.91 Å². The number of likely N-dealkylation sites (tertiary alicyclic amines) is 1. The molecule has 0 aromatic carbocycles. The number of hydrogen-bond acceptors (Lipinski definition) is 3. The van der Waals surface area contributed by atoms with Gasteiger partial charge in [0.2, 0.25) is 5.91 Å². The number of aliphatic hydroxyl groups excluding tert-OH is 1. The standard InChI is InChI=1S/C16H28N2O2/c19-10-8-12-7-9-18(11-12)16(20)15-6-5-13-3-1-2-4-14(13)17-15/h12-15,17,19H,1-11H2. The van der Waals surface area contributed by atoms with E-state index < -0.39 is 0 Å². The average Bonchev–Trinajstić information content (AvgIpc) is 2.95. The van der Waals surface area contributed by atoms with E-state index in [9.17, 15) is 4.79 Å². The molecule has 3 fully saturated rings. The second-order valence-electron chi connectivity index (χ2n) is 6.90. The van der Waals surface area contributed by atoms with Gasteiger partial charge in [-0.25, -0.2) is 0 Å². The molecule has 4 nitrogen and oxygen atoms in total. The molecule has 3 rings (SSSR count). The molecule has 0 aromatic rings. The molecule has 114 valence electrons. The van der Waals surface area contributed by atoms with Gasteiger partial charge in [0.05, 0.1) is 6.04 Å². The van der Waals surface area contributed by atoms with Gasteiger partial charge in [-0.15, -0.1) is 0 Å². The van der Waals surface area contributed by atoms with Crippen LogP contribution in [-0.2, 0) is 4.79 Å². The van der Waals surface area contributed by atoms with Crippen molar-refractivity contribution in [2.75, 3.05) is 19.7 Å². The van der Waals surface area contributed by atoms with Gasteiger partial charge < -0.3 is 15.3 Å². The number of aliphatic hydroxyl groups is 1. The fraction of sp³-hybridized carbons (Fsp3) is 0.938. The third-order valence-electron chi connectivity index (χ3n) is 5.58. The van der Waals surface area contributed by atoms with Crippen molar-refractivity contribution in [1.29, 1.82) is 0 Å². The van der Waals surface area contributed by atoms with Gasteiger partial charge in [-0.2, -0.15) is 0 Å². The molecule has 2 heterocycles. The number of rotatable bonds is 3. The SMILES string of the molecule is O=C(C1CCC2CCCCC2N1)N1CCC(CCO)C1. The quantitative estimate of drug-likeness (QED) is 0.824. The molecule has 4 unspecified atom stereocenters. The van der Waals surface area contributed by atoms with Crippen LogP contribution in [0.5, 0.6) is 0 Å². The summed E-state index contributed by atoms with van der Waals surface area (Å²) in [5, 5.41) is 12.7. The highest BCUT2D eigenvalue weighted by molar-refractivity contribution is 5.82. The minimum Gasteiger partial charge on any atom is -0.396 e. The zero-order valence-electron chi connectivity index (χ0n) is 12.4. The Bertz CT molecular complexity index is 347. The highest BCUT2D eigenvalue weighted by atomic mass is 16.3. The summed E-state index contributed by atoms with van der Waals surface area (Å²) in [4.78, 5) is 14.7. The van der Waals surface area contributed by atoms with Crippen LogP contribution in [0, 0.1) is 11.8 Å². The third-order valence-corrected chi connectivity index (χ3v) is 5.58. The van der Waals surface area contributed by atoms with Crippen molar-refractivity contribution in [3.63, 3.8) is 0 Å². The van der Waals surface area contributed by atoms with Crippen LogP contribution in [0.1, 0.15) is 51.4 Å². The van der Waals surface area contributed by atoms with Crippen LogP contribution in [-0.4, -0.2) is 47.7 Å². The van der Waals surface area contributed by atoms with Crippen molar-refractivity contribution < 1.29 is 9.90 Å². The first kappa shape index (κ1) is 14.3. The van der Waals surface area contributed by atoms with Crippen LogP contribution >= 0.6 is 0 Å². The fourth-order valence-electron chi connectivity index (χ4n) is 4.36. The molecular weight excluding hydrogens is 252 g/mol. The molecule has 3 aliphatic rings. The van der Waals surface area contributed by atoms with Gasteiger partial charge in [0.15, 0.2) is 0 Å². The van der Waals surface area contributed by atoms with Crippen molar-refractivity contribution in [1.82, 2.24) is 10.2 Å². The van der Waals surface area contributed by atoms with Crippen molar-refractivity contribution in [2.24, 2.45) is 11.8 Å². The van der Waals surface area contributed by atoms with Crippen molar-refractivity contribution in [3.05, 3.63) is 0 Å². The van der Waals surface area contributed by atoms with E-state index in [1.807, 2.05) is 4.90 Å². The summed E-state index contributed by atoms with van der Waals surface area (Å²) in [6.07, 6.45) is 9.43. The molecule has 4 atom stereocenters. The first-order chi connectivity index (χ1) is 9.78. The average molecular weight is 280 g/mol. The highest BCUT2D eigenvalue weighted by Crippen LogP contribution is 2.33. The zero-order chi connectivity index (χ0) is 13.9. The summed E-state index contributed by atoms with van der Waals surface area (Å²) < 4.78 is 0. The summed E-state index contributed by atoms with van der Waals surface area (Å²) in [5.41, 5.74) is 0. The van der Waals surface area contributed by atoms with Gasteiger partial charge in [-0.3, -0.25) is 4.79 Å². The van der Waals surface area contributed by atoms with Gasteiger partial charge in [0, 0.05) is 25.7 Å². The molecule has 0 radical (unpaired) electrons. The number of amides is 1. The van der Waals surface area contributed by atoms with Gasteiger partial charge >= 0.3 is 0 Å². The largest absolute Gasteiger partial charge is 0.396 e. The topological polar surface area (TPSA) is 52.6 Å². The van der Waals surface area contributed by atoms with E-state index in [1.54, 1.807) is 0 Å². The van der Waals surface area contributed by atoms with Crippen LogP contribution in [0.3, 0.4) is 0 Å². The van der Waals surface area contributed by atoms with Crippen LogP contribution in [0.25, 0.3) is 0 Å². The third kappa shape index (κ3) is 3.01. The van der Waals surface area contributed by atoms with Gasteiger partial charge in [-0.05, 0) is 50.4 Å². The molecule has 1 saturated carbocycles. The first-order valence-electron chi connectivity index (χ1n) is 8.43. The maximum absolute atomic E-state index is 12.6. The van der Waals surface area contributed by atoms with Gasteiger partial charge in [-0.1, -0.05) is 12.8 Å². The van der Waals surface area contributed by atoms with E-state index in [4.69, 9.17) is 5.11 Å². The maximum atomic E-state index is 12.6. The Morgan fingerprint density at radius 3 is 2.85 bits per heavy atom. The van der Waals surface area contributed by atoms with Crippen molar-refractivity contribution in [3.8, 4) is 0 Å². The predicted molar refractivity (Wildman–Crippen MR) is 78.3 cm³/mol. The van der Waals surface area contributed by atoms with E-state index in [0.717, 1.165) is 38.3 Å². The number of nitrogens with one attached hydrogen (secondary N) is 1. The Labute approximate surface area is 121 Å². The Morgan fingerprint density at radius 1 is 1.15 bits per heavy atom. The second kappa shape index (κ2) is 6.44. The van der Waals surface area contributed by atoms with E-state index in [0.29, 0.717) is 17.9 Å². The summed E-state index contributed by atoms with van der Waals surface area (Å²) in [7, 11) is 0. The monoisotopic (exact) mass is 280 g/mol. The summed E-state index contributed by atoms with van der Waals surface area (Å²) >= 11 is 0. The zero-order valence-corrected chi connectivity index (χ0v) is 12.4. The number of carbonyl (C=O) groups excluding carboxylic acids is 1. The van der Waals surface area contributed by atoms with Crippen LogP contribution in [0.4, 0.5) is 0 Å². The Balaban J connectivity index is 1.53. The minimum absolute atomic E-state index is 0.0576. The number of hydrogen-bond donors (Lipinski definition) is 2. The molecule has 1 aliphatic carbocycles. The summed E-state index contributed by atoms with van der Waals surface area (Å²) in [6.45, 7) is 1.99. The summed E-state index contributed by atoms with van der Waals surface area (Å²) in [5.74, 6) is 1.64. The van der Waals surface area contributed by atoms with E-state index in [2.05, 4.69) is 5.32 Å². The Morgan fingerprint density at radius 2 is 2.00 bits per heavy atom. The minimum atomic E-state index is 0.0576. The molecule has 2 saturated heterocycles. The lowest BCUT2D eigenvalue weighted by Gasteiger charge is -2.40. The Hall–Kier alpha value is -0.610. The fourth-order valence-corrected chi connectivity index (χ4v) is 4.36. The van der Waals surface area contributed by atoms with Crippen molar-refractivity contribution in [2.45, 2.75) is 63.5 Å². The first-order valence-corrected chi connectivity index (χ1v) is 8.43. The van der Waals surface area contributed by atoms with Crippen LogP contribution in [0.2, 0.25) is 0 Å². The number of nitrogens with zero attached hydrogens (tertiary/aromatic N) is 1. The molecule has 0 bridgehead atoms. The Kier molecular flexibility index (Phi) is 4.61. The molecule has 2 N–H and O–H groups in total. The van der Waals surface area contributed by atoms with E-state index >= 15 is 0 Å². The molecule has 0 aromatic heterocycles. The molecular formula is C16H28N2O2. The molecule has 1 amide bonds. The number of carbonyl (C=O) groups is 1. The molecule has 4 heteroatoms. The van der Waals surface area contributed by atoms with Gasteiger partial charge in [0.25, 0.3) is 0 Å². The molecule has 0 spiro atoms. The van der Waals surface area contributed by atoms with Crippen LogP contribution in [0.15, 0.2) is 0 Å². The van der Waals surface area contributed by atoms with E-state index in [1.165, 1.54) is 32.1 Å². The van der Waals surface area contributed by atoms with Crippen LogP contribution < -0.4 is 5.32 Å². The number of piperidine rings is 1. The highest BCUT2D eigenvalue weighted by Gasteiger charge is 2.37. The van der Waals surface area contributed by atoms with E-state index in [-0.39, 0.29) is 12.6 Å². The van der Waals surface area contributed by atoms with Gasteiger partial charge in [0.1, 0.15) is 0 Å². The smallest absolute Gasteiger partial charge is 0.239 e.